The quantitative estimate of drug-likeness (QED) is 0.787. The summed E-state index contributed by atoms with van der Waals surface area (Å²) in [5, 5.41) is 13.4. The van der Waals surface area contributed by atoms with Crippen molar-refractivity contribution in [2.24, 2.45) is 0 Å². The number of rotatable bonds is 6. The highest BCUT2D eigenvalue weighted by molar-refractivity contribution is 7.10. The number of hydrogen-bond donors (Lipinski definition) is 2. The molecular formula is C13H18N2O3S. The van der Waals surface area contributed by atoms with E-state index < -0.39 is 18.0 Å². The number of nitrogens with zero attached hydrogens (tertiary/aromatic N) is 1. The van der Waals surface area contributed by atoms with Crippen molar-refractivity contribution in [3.8, 4) is 0 Å². The number of carboxylic acids is 1. The lowest BCUT2D eigenvalue weighted by atomic mass is 10.2. The van der Waals surface area contributed by atoms with E-state index in [1.807, 2.05) is 24.4 Å². The lowest BCUT2D eigenvalue weighted by Crippen LogP contribution is -2.47. The van der Waals surface area contributed by atoms with Gasteiger partial charge in [0.25, 0.3) is 0 Å². The SMILES string of the molecule is C=CCC(NC(=O)N(C)C(C)c1cccs1)C(=O)O. The van der Waals surface area contributed by atoms with Crippen LogP contribution in [-0.4, -0.2) is 35.1 Å². The third kappa shape index (κ3) is 4.10. The summed E-state index contributed by atoms with van der Waals surface area (Å²) in [6.07, 6.45) is 1.67. The van der Waals surface area contributed by atoms with E-state index in [0.29, 0.717) is 0 Å². The molecular weight excluding hydrogens is 264 g/mol. The maximum Gasteiger partial charge on any atom is 0.326 e. The number of aliphatic carboxylic acids is 1. The van der Waals surface area contributed by atoms with Crippen molar-refractivity contribution in [2.75, 3.05) is 7.05 Å². The van der Waals surface area contributed by atoms with Crippen LogP contribution in [0.3, 0.4) is 0 Å². The Bertz CT molecular complexity index is 445. The molecule has 0 fully saturated rings. The molecule has 0 aliphatic carbocycles. The maximum absolute atomic E-state index is 12.0. The number of carbonyl (C=O) groups is 2. The van der Waals surface area contributed by atoms with Crippen LogP contribution in [0.25, 0.3) is 0 Å². The Morgan fingerprint density at radius 1 is 1.63 bits per heavy atom. The number of urea groups is 1. The van der Waals surface area contributed by atoms with Crippen LogP contribution in [0.5, 0.6) is 0 Å². The van der Waals surface area contributed by atoms with Gasteiger partial charge < -0.3 is 15.3 Å². The number of thiophene rings is 1. The Labute approximate surface area is 116 Å². The second kappa shape index (κ2) is 6.94. The maximum atomic E-state index is 12.0. The summed E-state index contributed by atoms with van der Waals surface area (Å²) in [6.45, 7) is 5.38. The summed E-state index contributed by atoms with van der Waals surface area (Å²) in [7, 11) is 1.65. The van der Waals surface area contributed by atoms with Gasteiger partial charge in [0, 0.05) is 11.9 Å². The largest absolute Gasteiger partial charge is 0.480 e. The first-order valence-electron chi connectivity index (χ1n) is 5.87. The molecule has 104 valence electrons. The Kier molecular flexibility index (Phi) is 5.57. The Hall–Kier alpha value is -1.82. The molecule has 2 unspecified atom stereocenters. The molecule has 2 atom stereocenters. The molecule has 1 aromatic heterocycles. The van der Waals surface area contributed by atoms with E-state index in [1.165, 1.54) is 11.0 Å². The number of carbonyl (C=O) groups excluding carboxylic acids is 1. The molecule has 1 rings (SSSR count). The molecule has 1 heterocycles. The molecule has 0 aromatic carbocycles. The van der Waals surface area contributed by atoms with Gasteiger partial charge in [0.15, 0.2) is 0 Å². The van der Waals surface area contributed by atoms with E-state index in [-0.39, 0.29) is 12.5 Å². The van der Waals surface area contributed by atoms with Crippen molar-refractivity contribution < 1.29 is 14.7 Å². The van der Waals surface area contributed by atoms with Crippen LogP contribution in [0.15, 0.2) is 30.2 Å². The third-order valence-corrected chi connectivity index (χ3v) is 3.90. The fourth-order valence-electron chi connectivity index (χ4n) is 1.53. The van der Waals surface area contributed by atoms with Gasteiger partial charge in [0.1, 0.15) is 6.04 Å². The molecule has 2 amide bonds. The van der Waals surface area contributed by atoms with Gasteiger partial charge in [0.05, 0.1) is 6.04 Å². The summed E-state index contributed by atoms with van der Waals surface area (Å²) >= 11 is 1.56. The molecule has 2 N–H and O–H groups in total. The molecule has 0 spiro atoms. The smallest absolute Gasteiger partial charge is 0.326 e. The lowest BCUT2D eigenvalue weighted by molar-refractivity contribution is -0.139. The van der Waals surface area contributed by atoms with Crippen molar-refractivity contribution in [1.29, 1.82) is 0 Å². The van der Waals surface area contributed by atoms with Crippen LogP contribution in [0.4, 0.5) is 4.79 Å². The topological polar surface area (TPSA) is 69.6 Å². The minimum absolute atomic E-state index is 0.0989. The number of hydrogen-bond acceptors (Lipinski definition) is 3. The van der Waals surface area contributed by atoms with Crippen LogP contribution in [0.2, 0.25) is 0 Å². The summed E-state index contributed by atoms with van der Waals surface area (Å²) in [6, 6.07) is 2.41. The summed E-state index contributed by atoms with van der Waals surface area (Å²) < 4.78 is 0. The average Bonchev–Trinajstić information content (AvgIpc) is 2.89. The fraction of sp³-hybridized carbons (Fsp3) is 0.385. The van der Waals surface area contributed by atoms with E-state index in [2.05, 4.69) is 11.9 Å². The monoisotopic (exact) mass is 282 g/mol. The average molecular weight is 282 g/mol. The molecule has 0 aliphatic rings. The van der Waals surface area contributed by atoms with Gasteiger partial charge >= 0.3 is 12.0 Å². The van der Waals surface area contributed by atoms with Crippen molar-refractivity contribution in [3.63, 3.8) is 0 Å². The molecule has 0 saturated carbocycles. The third-order valence-electron chi connectivity index (χ3n) is 2.85. The van der Waals surface area contributed by atoms with E-state index in [9.17, 15) is 9.59 Å². The highest BCUT2D eigenvalue weighted by atomic mass is 32.1. The van der Waals surface area contributed by atoms with Crippen LogP contribution < -0.4 is 5.32 Å². The second-order valence-electron chi connectivity index (χ2n) is 4.17. The van der Waals surface area contributed by atoms with Crippen LogP contribution in [0.1, 0.15) is 24.3 Å². The van der Waals surface area contributed by atoms with Gasteiger partial charge in [0.2, 0.25) is 0 Å². The standard InChI is InChI=1S/C13H18N2O3S/c1-4-6-10(12(16)17)14-13(18)15(3)9(2)11-7-5-8-19-11/h4-5,7-10H,1,6H2,2-3H3,(H,14,18)(H,16,17). The Balaban J connectivity index is 2.66. The summed E-state index contributed by atoms with van der Waals surface area (Å²) in [4.78, 5) is 25.5. The number of nitrogens with one attached hydrogen (secondary N) is 1. The van der Waals surface area contributed by atoms with Gasteiger partial charge in [-0.1, -0.05) is 12.1 Å². The highest BCUT2D eigenvalue weighted by Gasteiger charge is 2.23. The normalized spacial score (nSPS) is 13.4. The molecule has 0 saturated heterocycles. The van der Waals surface area contributed by atoms with Crippen molar-refractivity contribution in [2.45, 2.75) is 25.4 Å². The van der Waals surface area contributed by atoms with Gasteiger partial charge in [-0.15, -0.1) is 17.9 Å². The molecule has 1 aromatic rings. The predicted molar refractivity (Wildman–Crippen MR) is 75.3 cm³/mol. The number of carboxylic acid groups (broad SMARTS) is 1. The minimum atomic E-state index is -1.06. The molecule has 0 bridgehead atoms. The number of amides is 2. The van der Waals surface area contributed by atoms with Crippen molar-refractivity contribution in [1.82, 2.24) is 10.2 Å². The van der Waals surface area contributed by atoms with Crippen LogP contribution in [0, 0.1) is 0 Å². The first kappa shape index (κ1) is 15.2. The predicted octanol–water partition coefficient (Wildman–Crippen LogP) is 2.48. The van der Waals surface area contributed by atoms with E-state index in [0.717, 1.165) is 4.88 Å². The van der Waals surface area contributed by atoms with Crippen molar-refractivity contribution in [3.05, 3.63) is 35.0 Å². The zero-order chi connectivity index (χ0) is 14.4. The molecule has 19 heavy (non-hydrogen) atoms. The fourth-order valence-corrected chi connectivity index (χ4v) is 2.36. The highest BCUT2D eigenvalue weighted by Crippen LogP contribution is 2.23. The zero-order valence-corrected chi connectivity index (χ0v) is 11.8. The van der Waals surface area contributed by atoms with Crippen molar-refractivity contribution >= 4 is 23.3 Å². The summed E-state index contributed by atoms with van der Waals surface area (Å²) in [5.74, 6) is -1.06. The Morgan fingerprint density at radius 2 is 2.32 bits per heavy atom. The van der Waals surface area contributed by atoms with E-state index in [4.69, 9.17) is 5.11 Å². The van der Waals surface area contributed by atoms with E-state index >= 15 is 0 Å². The first-order valence-corrected chi connectivity index (χ1v) is 6.75. The molecule has 5 nitrogen and oxygen atoms in total. The molecule has 0 radical (unpaired) electrons. The first-order chi connectivity index (χ1) is 8.97. The van der Waals surface area contributed by atoms with Gasteiger partial charge in [-0.2, -0.15) is 0 Å². The molecule has 0 aliphatic heterocycles. The van der Waals surface area contributed by atoms with Gasteiger partial charge in [-0.3, -0.25) is 0 Å². The summed E-state index contributed by atoms with van der Waals surface area (Å²) in [5.41, 5.74) is 0. The zero-order valence-electron chi connectivity index (χ0n) is 11.0. The van der Waals surface area contributed by atoms with Gasteiger partial charge in [-0.25, -0.2) is 9.59 Å². The molecule has 6 heteroatoms. The van der Waals surface area contributed by atoms with Gasteiger partial charge in [-0.05, 0) is 24.8 Å². The van der Waals surface area contributed by atoms with E-state index in [1.54, 1.807) is 18.4 Å². The Morgan fingerprint density at radius 3 is 2.79 bits per heavy atom. The van der Waals surface area contributed by atoms with Crippen LogP contribution in [-0.2, 0) is 4.79 Å². The lowest BCUT2D eigenvalue weighted by Gasteiger charge is -2.26. The van der Waals surface area contributed by atoms with Crippen LogP contribution >= 0.6 is 11.3 Å². The minimum Gasteiger partial charge on any atom is -0.480 e. The second-order valence-corrected chi connectivity index (χ2v) is 5.15.